The van der Waals surface area contributed by atoms with Crippen LogP contribution in [0.5, 0.6) is 11.5 Å². The molecule has 0 radical (unpaired) electrons. The van der Waals surface area contributed by atoms with Crippen LogP contribution in [0.15, 0.2) is 42.5 Å². The standard InChI is InChI=1S/C16H19NO2/c1-12-3-5-13(6-4-12)11-19-16-8-14(10-17)7-15(9-16)18-2/h3-9H,10-11,17H2,1-2H3. The minimum absolute atomic E-state index is 0.470. The van der Waals surface area contributed by atoms with Crippen LogP contribution >= 0.6 is 0 Å². The molecule has 0 unspecified atom stereocenters. The maximum Gasteiger partial charge on any atom is 0.123 e. The van der Waals surface area contributed by atoms with Gasteiger partial charge in [0, 0.05) is 12.6 Å². The highest BCUT2D eigenvalue weighted by Crippen LogP contribution is 2.23. The van der Waals surface area contributed by atoms with Crippen molar-refractivity contribution in [2.45, 2.75) is 20.1 Å². The molecule has 0 fully saturated rings. The highest BCUT2D eigenvalue weighted by Gasteiger charge is 2.02. The molecule has 100 valence electrons. The minimum Gasteiger partial charge on any atom is -0.497 e. The van der Waals surface area contributed by atoms with E-state index >= 15 is 0 Å². The maximum atomic E-state index is 5.78. The highest BCUT2D eigenvalue weighted by molar-refractivity contribution is 5.38. The molecule has 0 aliphatic rings. The molecule has 0 spiro atoms. The van der Waals surface area contributed by atoms with Crippen molar-refractivity contribution in [2.75, 3.05) is 7.11 Å². The average molecular weight is 257 g/mol. The molecular weight excluding hydrogens is 238 g/mol. The van der Waals surface area contributed by atoms with E-state index in [2.05, 4.69) is 31.2 Å². The third-order valence-corrected chi connectivity index (χ3v) is 2.94. The van der Waals surface area contributed by atoms with Gasteiger partial charge in [0.1, 0.15) is 18.1 Å². The summed E-state index contributed by atoms with van der Waals surface area (Å²) in [6, 6.07) is 14.0. The lowest BCUT2D eigenvalue weighted by Gasteiger charge is -2.10. The smallest absolute Gasteiger partial charge is 0.123 e. The van der Waals surface area contributed by atoms with Crippen LogP contribution in [0.3, 0.4) is 0 Å². The van der Waals surface area contributed by atoms with Crippen molar-refractivity contribution < 1.29 is 9.47 Å². The van der Waals surface area contributed by atoms with Gasteiger partial charge >= 0.3 is 0 Å². The van der Waals surface area contributed by atoms with E-state index < -0.39 is 0 Å². The molecule has 0 saturated heterocycles. The fourth-order valence-electron chi connectivity index (χ4n) is 1.80. The van der Waals surface area contributed by atoms with Gasteiger partial charge in [0.25, 0.3) is 0 Å². The largest absolute Gasteiger partial charge is 0.497 e. The van der Waals surface area contributed by atoms with Crippen LogP contribution in [0.2, 0.25) is 0 Å². The van der Waals surface area contributed by atoms with E-state index in [1.54, 1.807) is 7.11 Å². The summed E-state index contributed by atoms with van der Waals surface area (Å²) in [4.78, 5) is 0. The van der Waals surface area contributed by atoms with Crippen LogP contribution in [-0.2, 0) is 13.2 Å². The molecular formula is C16H19NO2. The molecule has 0 heterocycles. The Labute approximate surface area is 114 Å². The van der Waals surface area contributed by atoms with Gasteiger partial charge < -0.3 is 15.2 Å². The molecule has 0 bridgehead atoms. The van der Waals surface area contributed by atoms with Gasteiger partial charge in [-0.05, 0) is 30.2 Å². The molecule has 2 aromatic carbocycles. The number of hydrogen-bond donors (Lipinski definition) is 1. The summed E-state index contributed by atoms with van der Waals surface area (Å²) < 4.78 is 11.0. The molecule has 19 heavy (non-hydrogen) atoms. The Morgan fingerprint density at radius 1 is 0.947 bits per heavy atom. The van der Waals surface area contributed by atoms with Crippen LogP contribution in [0.25, 0.3) is 0 Å². The fourth-order valence-corrected chi connectivity index (χ4v) is 1.80. The molecule has 3 heteroatoms. The summed E-state index contributed by atoms with van der Waals surface area (Å²) in [5.41, 5.74) is 9.04. The zero-order valence-corrected chi connectivity index (χ0v) is 11.3. The van der Waals surface area contributed by atoms with E-state index in [0.717, 1.165) is 22.6 Å². The van der Waals surface area contributed by atoms with Crippen LogP contribution in [0.4, 0.5) is 0 Å². The molecule has 2 aromatic rings. The van der Waals surface area contributed by atoms with Crippen LogP contribution in [-0.4, -0.2) is 7.11 Å². The Hall–Kier alpha value is -2.00. The summed E-state index contributed by atoms with van der Waals surface area (Å²) in [6.07, 6.45) is 0. The topological polar surface area (TPSA) is 44.5 Å². The van der Waals surface area contributed by atoms with E-state index in [-0.39, 0.29) is 0 Å². The van der Waals surface area contributed by atoms with Crippen LogP contribution < -0.4 is 15.2 Å². The average Bonchev–Trinajstić information content (AvgIpc) is 2.46. The maximum absolute atomic E-state index is 5.78. The number of rotatable bonds is 5. The van der Waals surface area contributed by atoms with Crippen molar-refractivity contribution in [1.82, 2.24) is 0 Å². The Bertz CT molecular complexity index is 513. The van der Waals surface area contributed by atoms with Gasteiger partial charge in [-0.2, -0.15) is 0 Å². The van der Waals surface area contributed by atoms with Crippen molar-refractivity contribution >= 4 is 0 Å². The zero-order chi connectivity index (χ0) is 13.7. The van der Waals surface area contributed by atoms with Gasteiger partial charge in [-0.15, -0.1) is 0 Å². The predicted molar refractivity (Wildman–Crippen MR) is 76.4 cm³/mol. The Kier molecular flexibility index (Phi) is 4.42. The molecule has 0 aliphatic heterocycles. The van der Waals surface area contributed by atoms with Gasteiger partial charge in [-0.25, -0.2) is 0 Å². The molecule has 0 amide bonds. The summed E-state index contributed by atoms with van der Waals surface area (Å²) in [7, 11) is 1.64. The fraction of sp³-hybridized carbons (Fsp3) is 0.250. The summed E-state index contributed by atoms with van der Waals surface area (Å²) in [6.45, 7) is 3.08. The first-order valence-corrected chi connectivity index (χ1v) is 6.27. The van der Waals surface area contributed by atoms with Crippen molar-refractivity contribution in [3.63, 3.8) is 0 Å². The third-order valence-electron chi connectivity index (χ3n) is 2.94. The Morgan fingerprint density at radius 2 is 1.63 bits per heavy atom. The SMILES string of the molecule is COc1cc(CN)cc(OCc2ccc(C)cc2)c1. The van der Waals surface area contributed by atoms with E-state index in [0.29, 0.717) is 13.2 Å². The van der Waals surface area contributed by atoms with E-state index in [1.165, 1.54) is 5.56 Å². The van der Waals surface area contributed by atoms with Gasteiger partial charge in [0.2, 0.25) is 0 Å². The van der Waals surface area contributed by atoms with E-state index in [1.807, 2.05) is 18.2 Å². The van der Waals surface area contributed by atoms with E-state index in [4.69, 9.17) is 15.2 Å². The second-order valence-electron chi connectivity index (χ2n) is 4.50. The molecule has 0 atom stereocenters. The molecule has 0 saturated carbocycles. The lowest BCUT2D eigenvalue weighted by molar-refractivity contribution is 0.303. The molecule has 0 aromatic heterocycles. The lowest BCUT2D eigenvalue weighted by Crippen LogP contribution is -2.00. The number of benzene rings is 2. The number of nitrogens with two attached hydrogens (primary N) is 1. The van der Waals surface area contributed by atoms with Gasteiger partial charge in [-0.3, -0.25) is 0 Å². The first kappa shape index (κ1) is 13.4. The van der Waals surface area contributed by atoms with Crippen LogP contribution in [0, 0.1) is 6.92 Å². The zero-order valence-electron chi connectivity index (χ0n) is 11.3. The molecule has 2 N–H and O–H groups in total. The molecule has 3 nitrogen and oxygen atoms in total. The van der Waals surface area contributed by atoms with Gasteiger partial charge in [0.05, 0.1) is 7.11 Å². The summed E-state index contributed by atoms with van der Waals surface area (Å²) >= 11 is 0. The lowest BCUT2D eigenvalue weighted by atomic mass is 10.1. The van der Waals surface area contributed by atoms with Crippen molar-refractivity contribution in [3.05, 3.63) is 59.2 Å². The van der Waals surface area contributed by atoms with Crippen molar-refractivity contribution in [1.29, 1.82) is 0 Å². The van der Waals surface area contributed by atoms with Crippen molar-refractivity contribution in [3.8, 4) is 11.5 Å². The summed E-state index contributed by atoms with van der Waals surface area (Å²) in [5.74, 6) is 1.54. The first-order chi connectivity index (χ1) is 9.21. The van der Waals surface area contributed by atoms with Gasteiger partial charge in [0.15, 0.2) is 0 Å². The Balaban J connectivity index is 2.08. The molecule has 2 rings (SSSR count). The van der Waals surface area contributed by atoms with E-state index in [9.17, 15) is 0 Å². The van der Waals surface area contributed by atoms with Crippen LogP contribution in [0.1, 0.15) is 16.7 Å². The number of hydrogen-bond acceptors (Lipinski definition) is 3. The third kappa shape index (κ3) is 3.73. The quantitative estimate of drug-likeness (QED) is 0.895. The second-order valence-corrected chi connectivity index (χ2v) is 4.50. The molecule has 0 aliphatic carbocycles. The monoisotopic (exact) mass is 257 g/mol. The normalized spacial score (nSPS) is 10.3. The highest BCUT2D eigenvalue weighted by atomic mass is 16.5. The first-order valence-electron chi connectivity index (χ1n) is 6.27. The number of aryl methyl sites for hydroxylation is 1. The number of ether oxygens (including phenoxy) is 2. The second kappa shape index (κ2) is 6.25. The van der Waals surface area contributed by atoms with Crippen molar-refractivity contribution in [2.24, 2.45) is 5.73 Å². The predicted octanol–water partition coefficient (Wildman–Crippen LogP) is 3.04. The van der Waals surface area contributed by atoms with Gasteiger partial charge in [-0.1, -0.05) is 29.8 Å². The Morgan fingerprint density at radius 3 is 2.26 bits per heavy atom. The number of methoxy groups -OCH3 is 1. The minimum atomic E-state index is 0.470. The summed E-state index contributed by atoms with van der Waals surface area (Å²) in [5, 5.41) is 0.